The molecule has 6 heterocycles. The number of imide groups is 2. The Kier molecular flexibility index (Phi) is 15.1. The number of rotatable bonds is 16. The maximum atomic E-state index is 13.4. The van der Waals surface area contributed by atoms with Gasteiger partial charge in [0.1, 0.15) is 28.2 Å². The van der Waals surface area contributed by atoms with Gasteiger partial charge in [-0.2, -0.15) is 4.98 Å². The van der Waals surface area contributed by atoms with Crippen molar-refractivity contribution >= 4 is 74.1 Å². The molecule has 3 aromatic carbocycles. The number of halogens is 1. The highest BCUT2D eigenvalue weighted by Crippen LogP contribution is 2.43. The van der Waals surface area contributed by atoms with Gasteiger partial charge < -0.3 is 34.6 Å². The lowest BCUT2D eigenvalue weighted by molar-refractivity contribution is -0.137. The quantitative estimate of drug-likeness (QED) is 0.0743. The van der Waals surface area contributed by atoms with Gasteiger partial charge in [0.25, 0.3) is 11.8 Å². The van der Waals surface area contributed by atoms with E-state index < -0.39 is 50.4 Å². The number of ether oxygens (including phenoxy) is 3. The highest BCUT2D eigenvalue weighted by molar-refractivity contribution is 7.92. The Labute approximate surface area is 430 Å². The van der Waals surface area contributed by atoms with Gasteiger partial charge in [0.2, 0.25) is 23.7 Å². The topological polar surface area (TPSA) is 219 Å². The summed E-state index contributed by atoms with van der Waals surface area (Å²) >= 11 is 6.53. The Hall–Kier alpha value is -6.15. The predicted octanol–water partition coefficient (Wildman–Crippen LogP) is 7.27. The van der Waals surface area contributed by atoms with Crippen molar-refractivity contribution in [3.05, 3.63) is 87.6 Å². The predicted molar refractivity (Wildman–Crippen MR) is 274 cm³/mol. The number of carbonyl (C=O) groups is 5. The summed E-state index contributed by atoms with van der Waals surface area (Å²) in [5.74, 6) is -0.0616. The molecule has 1 aromatic heterocycles. The zero-order chi connectivity index (χ0) is 51.8. The van der Waals surface area contributed by atoms with Gasteiger partial charge in [-0.1, -0.05) is 23.7 Å². The summed E-state index contributed by atoms with van der Waals surface area (Å²) in [6, 6.07) is 13.1. The second kappa shape index (κ2) is 21.4. The molecule has 3 fully saturated rings. The van der Waals surface area contributed by atoms with E-state index in [1.807, 2.05) is 18.7 Å². The van der Waals surface area contributed by atoms with Gasteiger partial charge in [-0.3, -0.25) is 34.2 Å². The molecule has 1 atom stereocenters. The minimum absolute atomic E-state index is 0.0420. The van der Waals surface area contributed by atoms with E-state index in [1.165, 1.54) is 11.8 Å². The number of anilines is 4. The lowest BCUT2D eigenvalue weighted by Crippen LogP contribution is -2.54. The van der Waals surface area contributed by atoms with Crippen LogP contribution in [0.4, 0.5) is 23.1 Å². The summed E-state index contributed by atoms with van der Waals surface area (Å²) < 4.78 is 45.2. The standard InChI is InChI=1S/C53H63ClN8O10S/c1-31(2)71-44-28-36(33(5)26-41(44)57-52-55-30-39(54)48(59-52)56-40-8-6-7-9-45(40)73(68,69)32(3)4)34-13-19-60(20-14-34)23-25-70-24-15-47(64)61-21-17-53(18-22-61)16-12-35-27-37-38(29-43(35)72-53)51(67)62(50(37)66)42-10-11-46(63)58-49(42)65/h6-9,26-32,34,42H,10-25H2,1-5H3,(H,58,63,65)(H2,55,56,57,59). The normalized spacial score (nSPS) is 19.3. The van der Waals surface area contributed by atoms with Crippen molar-refractivity contribution in [2.24, 2.45) is 0 Å². The first-order chi connectivity index (χ1) is 34.9. The molecule has 5 aliphatic rings. The average molecular weight is 1040 g/mol. The minimum Gasteiger partial charge on any atom is -0.489 e. The molecule has 0 saturated carbocycles. The Bertz CT molecular complexity index is 2930. The van der Waals surface area contributed by atoms with Crippen LogP contribution < -0.4 is 25.4 Å². The first-order valence-electron chi connectivity index (χ1n) is 25.3. The lowest BCUT2D eigenvalue weighted by Gasteiger charge is -2.44. The zero-order valence-electron chi connectivity index (χ0n) is 41.9. The molecule has 9 rings (SSSR count). The van der Waals surface area contributed by atoms with Crippen molar-refractivity contribution in [3.63, 3.8) is 0 Å². The third-order valence-electron chi connectivity index (χ3n) is 14.7. The number of nitrogens with zero attached hydrogens (tertiary/aromatic N) is 5. The molecule has 0 aliphatic carbocycles. The number of aryl methyl sites for hydroxylation is 2. The van der Waals surface area contributed by atoms with Crippen LogP contribution in [0, 0.1) is 6.92 Å². The first kappa shape index (κ1) is 51.7. The van der Waals surface area contributed by atoms with Gasteiger partial charge in [-0.15, -0.1) is 0 Å². The third kappa shape index (κ3) is 11.1. The van der Waals surface area contributed by atoms with Gasteiger partial charge in [0.15, 0.2) is 15.7 Å². The van der Waals surface area contributed by atoms with Crippen molar-refractivity contribution in [2.45, 2.75) is 126 Å². The highest BCUT2D eigenvalue weighted by atomic mass is 35.5. The van der Waals surface area contributed by atoms with Crippen molar-refractivity contribution in [3.8, 4) is 11.5 Å². The smallest absolute Gasteiger partial charge is 0.262 e. The van der Waals surface area contributed by atoms with Crippen LogP contribution in [0.25, 0.3) is 0 Å². The van der Waals surface area contributed by atoms with Gasteiger partial charge in [-0.05, 0) is 139 Å². The molecule has 3 saturated heterocycles. The van der Waals surface area contributed by atoms with Gasteiger partial charge in [0.05, 0.1) is 64.6 Å². The number of benzene rings is 3. The SMILES string of the molecule is Cc1cc(Nc2ncc(Cl)c(Nc3ccccc3S(=O)(=O)C(C)C)n2)c(OC(C)C)cc1C1CCN(CCOCCC(=O)N2CCC3(CCc4cc5c(cc4O3)C(=O)N(C3CCC(=O)NC3=O)C5=O)CC2)CC1. The largest absolute Gasteiger partial charge is 0.489 e. The highest BCUT2D eigenvalue weighted by Gasteiger charge is 2.47. The summed E-state index contributed by atoms with van der Waals surface area (Å²) in [5.41, 5.74) is 4.17. The summed E-state index contributed by atoms with van der Waals surface area (Å²) in [7, 11) is -3.59. The number of aromatic nitrogens is 2. The van der Waals surface area contributed by atoms with Crippen molar-refractivity contribution in [2.75, 3.05) is 56.6 Å². The first-order valence-corrected chi connectivity index (χ1v) is 27.2. The molecule has 388 valence electrons. The summed E-state index contributed by atoms with van der Waals surface area (Å²) in [6.07, 6.45) is 6.37. The van der Waals surface area contributed by atoms with Crippen LogP contribution in [0.5, 0.6) is 11.5 Å². The number of fused-ring (bicyclic) bond motifs is 2. The number of carbonyl (C=O) groups excluding carboxylic acids is 5. The zero-order valence-corrected chi connectivity index (χ0v) is 43.5. The molecule has 0 bridgehead atoms. The number of nitrogens with one attached hydrogen (secondary N) is 3. The van der Waals surface area contributed by atoms with E-state index in [9.17, 15) is 32.4 Å². The van der Waals surface area contributed by atoms with Crippen LogP contribution in [-0.4, -0.2) is 132 Å². The molecular weight excluding hydrogens is 976 g/mol. The molecule has 20 heteroatoms. The number of likely N-dealkylation sites (tertiary alicyclic amines) is 2. The molecule has 73 heavy (non-hydrogen) atoms. The number of piperidine rings is 3. The molecule has 5 aliphatic heterocycles. The fourth-order valence-corrected chi connectivity index (χ4v) is 11.8. The van der Waals surface area contributed by atoms with Crippen LogP contribution in [-0.2, 0) is 35.4 Å². The van der Waals surface area contributed by atoms with Crippen LogP contribution in [0.15, 0.2) is 59.6 Å². The Morgan fingerprint density at radius 2 is 1.63 bits per heavy atom. The molecule has 1 unspecified atom stereocenters. The van der Waals surface area contributed by atoms with Crippen LogP contribution in [0.3, 0.4) is 0 Å². The van der Waals surface area contributed by atoms with E-state index in [-0.39, 0.29) is 64.1 Å². The Morgan fingerprint density at radius 1 is 0.904 bits per heavy atom. The maximum Gasteiger partial charge on any atom is 0.262 e. The Morgan fingerprint density at radius 3 is 2.34 bits per heavy atom. The second-order valence-electron chi connectivity index (χ2n) is 20.2. The molecule has 1 spiro atoms. The number of sulfone groups is 1. The third-order valence-corrected chi connectivity index (χ3v) is 17.1. The molecule has 3 N–H and O–H groups in total. The molecule has 4 aromatic rings. The minimum atomic E-state index is -3.59. The number of amides is 5. The van der Waals surface area contributed by atoms with Crippen LogP contribution >= 0.6 is 11.6 Å². The second-order valence-corrected chi connectivity index (χ2v) is 23.1. The maximum absolute atomic E-state index is 13.4. The van der Waals surface area contributed by atoms with Gasteiger partial charge in [-0.25, -0.2) is 13.4 Å². The van der Waals surface area contributed by atoms with Crippen molar-refractivity contribution in [1.82, 2.24) is 30.0 Å². The van der Waals surface area contributed by atoms with Crippen LogP contribution in [0.2, 0.25) is 5.02 Å². The number of hydrogen-bond donors (Lipinski definition) is 3. The fraction of sp³-hybridized carbons (Fsp3) is 0.491. The van der Waals surface area contributed by atoms with Crippen molar-refractivity contribution in [1.29, 1.82) is 0 Å². The monoisotopic (exact) mass is 1040 g/mol. The van der Waals surface area contributed by atoms with Crippen LogP contribution in [0.1, 0.15) is 122 Å². The summed E-state index contributed by atoms with van der Waals surface area (Å²) in [6.45, 7) is 13.8. The molecule has 18 nitrogen and oxygen atoms in total. The van der Waals surface area contributed by atoms with E-state index in [1.54, 1.807) is 50.2 Å². The molecular formula is C53H63ClN8O10S. The van der Waals surface area contributed by atoms with E-state index in [4.69, 9.17) is 25.8 Å². The number of para-hydroxylation sites is 1. The van der Waals surface area contributed by atoms with Gasteiger partial charge >= 0.3 is 0 Å². The number of hydrogen-bond acceptors (Lipinski definition) is 15. The Balaban J connectivity index is 0.723. The summed E-state index contributed by atoms with van der Waals surface area (Å²) in [4.78, 5) is 78.8. The summed E-state index contributed by atoms with van der Waals surface area (Å²) in [5, 5.41) is 8.28. The van der Waals surface area contributed by atoms with E-state index in [0.717, 1.165) is 48.5 Å². The van der Waals surface area contributed by atoms with E-state index in [2.05, 4.69) is 49.9 Å². The van der Waals surface area contributed by atoms with E-state index >= 15 is 0 Å². The van der Waals surface area contributed by atoms with Gasteiger partial charge in [0, 0.05) is 38.9 Å². The molecule has 0 radical (unpaired) electrons. The van der Waals surface area contributed by atoms with E-state index in [0.29, 0.717) is 80.8 Å². The van der Waals surface area contributed by atoms with Crippen molar-refractivity contribution < 1.29 is 46.6 Å². The molecule has 5 amide bonds. The average Bonchev–Trinajstić information content (AvgIpc) is 3.59. The lowest BCUT2D eigenvalue weighted by atomic mass is 9.82. The fourth-order valence-electron chi connectivity index (χ4n) is 10.5.